The minimum absolute atomic E-state index is 0.109. The van der Waals surface area contributed by atoms with Gasteiger partial charge >= 0.3 is 11.9 Å². The van der Waals surface area contributed by atoms with Gasteiger partial charge in [-0.05, 0) is 18.6 Å². The highest BCUT2D eigenvalue weighted by Crippen LogP contribution is 2.34. The molecule has 0 aliphatic carbocycles. The molecular weight excluding hydrogens is 414 g/mol. The molecule has 2 aliphatic heterocycles. The molecule has 11 nitrogen and oxygen atoms in total. The average Bonchev–Trinajstić information content (AvgIpc) is 2.71. The van der Waals surface area contributed by atoms with Crippen LogP contribution in [-0.2, 0) is 33.3 Å². The van der Waals surface area contributed by atoms with Crippen molar-refractivity contribution in [2.24, 2.45) is 0 Å². The van der Waals surface area contributed by atoms with Crippen LogP contribution in [0, 0.1) is 10.1 Å². The van der Waals surface area contributed by atoms with Crippen LogP contribution in [0.2, 0.25) is 0 Å². The second-order valence-electron chi connectivity index (χ2n) is 7.21. The van der Waals surface area contributed by atoms with E-state index in [2.05, 4.69) is 0 Å². The summed E-state index contributed by atoms with van der Waals surface area (Å²) >= 11 is 0. The summed E-state index contributed by atoms with van der Waals surface area (Å²) in [6.07, 6.45) is -3.70. The fraction of sp³-hybridized carbons (Fsp3) is 0.600. The summed E-state index contributed by atoms with van der Waals surface area (Å²) in [7, 11) is 0. The summed E-state index contributed by atoms with van der Waals surface area (Å²) in [4.78, 5) is 33.9. The van der Waals surface area contributed by atoms with Crippen LogP contribution < -0.4 is 4.74 Å². The molecule has 0 spiro atoms. The van der Waals surface area contributed by atoms with Gasteiger partial charge < -0.3 is 28.4 Å². The molecule has 170 valence electrons. The van der Waals surface area contributed by atoms with Gasteiger partial charge in [-0.2, -0.15) is 0 Å². The normalized spacial score (nSPS) is 30.0. The molecule has 2 saturated heterocycles. The van der Waals surface area contributed by atoms with Crippen molar-refractivity contribution in [1.82, 2.24) is 0 Å². The minimum Gasteiger partial charge on any atom is -0.461 e. The van der Waals surface area contributed by atoms with E-state index in [9.17, 15) is 19.7 Å². The highest BCUT2D eigenvalue weighted by Gasteiger charge is 2.54. The van der Waals surface area contributed by atoms with Crippen molar-refractivity contribution in [3.8, 4) is 5.75 Å². The lowest BCUT2D eigenvalue weighted by Gasteiger charge is -2.47. The van der Waals surface area contributed by atoms with E-state index in [0.29, 0.717) is 6.42 Å². The molecular formula is C20H25NO10. The topological polar surface area (TPSA) is 133 Å². The van der Waals surface area contributed by atoms with Gasteiger partial charge in [-0.15, -0.1) is 0 Å². The number of ether oxygens (including phenoxy) is 6. The van der Waals surface area contributed by atoms with Crippen molar-refractivity contribution < 1.29 is 42.9 Å². The van der Waals surface area contributed by atoms with Crippen molar-refractivity contribution in [2.75, 3.05) is 6.61 Å². The van der Waals surface area contributed by atoms with Crippen molar-refractivity contribution in [2.45, 2.75) is 70.6 Å². The van der Waals surface area contributed by atoms with Crippen molar-refractivity contribution in [3.63, 3.8) is 0 Å². The Morgan fingerprint density at radius 1 is 1.10 bits per heavy atom. The van der Waals surface area contributed by atoms with Gasteiger partial charge in [0.25, 0.3) is 5.69 Å². The highest BCUT2D eigenvalue weighted by atomic mass is 16.8. The van der Waals surface area contributed by atoms with E-state index in [1.807, 2.05) is 6.92 Å². The van der Waals surface area contributed by atoms with Crippen molar-refractivity contribution in [1.29, 1.82) is 0 Å². The lowest BCUT2D eigenvalue weighted by Crippen LogP contribution is -2.65. The summed E-state index contributed by atoms with van der Waals surface area (Å²) < 4.78 is 34.3. The minimum atomic E-state index is -1.16. The predicted octanol–water partition coefficient (Wildman–Crippen LogP) is 2.10. The molecule has 2 fully saturated rings. The van der Waals surface area contributed by atoms with Crippen LogP contribution in [-0.4, -0.2) is 60.5 Å². The van der Waals surface area contributed by atoms with E-state index < -0.39 is 53.9 Å². The van der Waals surface area contributed by atoms with Gasteiger partial charge in [0.05, 0.1) is 11.5 Å². The summed E-state index contributed by atoms with van der Waals surface area (Å²) in [5.74, 6) is -0.966. The first-order valence-corrected chi connectivity index (χ1v) is 9.96. The highest BCUT2D eigenvalue weighted by molar-refractivity contribution is 5.67. The van der Waals surface area contributed by atoms with Crippen LogP contribution >= 0.6 is 0 Å². The quantitative estimate of drug-likeness (QED) is 0.353. The Morgan fingerprint density at radius 2 is 1.74 bits per heavy atom. The summed E-state index contributed by atoms with van der Waals surface area (Å²) in [5.41, 5.74) is -0.109. The Balaban J connectivity index is 1.86. The number of hydrogen-bond donors (Lipinski definition) is 0. The smallest absolute Gasteiger partial charge is 0.303 e. The molecule has 2 heterocycles. The van der Waals surface area contributed by atoms with E-state index in [-0.39, 0.29) is 18.0 Å². The molecule has 31 heavy (non-hydrogen) atoms. The van der Waals surface area contributed by atoms with Crippen LogP contribution in [0.25, 0.3) is 0 Å². The first-order valence-electron chi connectivity index (χ1n) is 9.96. The summed E-state index contributed by atoms with van der Waals surface area (Å²) in [6, 6.07) is 5.33. The Morgan fingerprint density at radius 3 is 2.32 bits per heavy atom. The third-order valence-corrected chi connectivity index (χ3v) is 4.77. The molecule has 0 saturated carbocycles. The summed E-state index contributed by atoms with van der Waals surface area (Å²) in [5, 5.41) is 10.9. The van der Waals surface area contributed by atoms with E-state index >= 15 is 0 Å². The fourth-order valence-electron chi connectivity index (χ4n) is 3.50. The number of esters is 2. The number of fused-ring (bicyclic) bond motifs is 1. The molecule has 6 atom stereocenters. The molecule has 0 bridgehead atoms. The maximum atomic E-state index is 11.8. The molecule has 3 rings (SSSR count). The molecule has 0 amide bonds. The number of non-ortho nitro benzene ring substituents is 1. The third-order valence-electron chi connectivity index (χ3n) is 4.77. The van der Waals surface area contributed by atoms with Crippen LogP contribution in [0.4, 0.5) is 5.69 Å². The zero-order valence-corrected chi connectivity index (χ0v) is 17.4. The number of rotatable bonds is 7. The Kier molecular flexibility index (Phi) is 7.42. The number of hydrogen-bond acceptors (Lipinski definition) is 10. The maximum Gasteiger partial charge on any atom is 0.303 e. The van der Waals surface area contributed by atoms with Gasteiger partial charge in [-0.25, -0.2) is 0 Å². The number of benzene rings is 1. The first kappa shape index (κ1) is 22.9. The van der Waals surface area contributed by atoms with Gasteiger partial charge in [0.1, 0.15) is 18.0 Å². The fourth-order valence-corrected chi connectivity index (χ4v) is 3.50. The molecule has 0 unspecified atom stereocenters. The molecule has 2 aliphatic rings. The van der Waals surface area contributed by atoms with Crippen molar-refractivity contribution >= 4 is 17.6 Å². The van der Waals surface area contributed by atoms with Crippen LogP contribution in [0.5, 0.6) is 5.75 Å². The standard InChI is InChI=1S/C20H25NO10/c1-4-5-16-26-10-15-17(31-16)18(27-11(2)22)19(28-12(3)23)20(30-15)29-14-8-6-13(7-9-14)21(24)25/h6-9,15-20H,4-5,10H2,1-3H3/t15-,16-,17-,18+,19-,20-/m1/s1. The largest absolute Gasteiger partial charge is 0.461 e. The Hall–Kier alpha value is -2.76. The van der Waals surface area contributed by atoms with Crippen LogP contribution in [0.15, 0.2) is 24.3 Å². The van der Waals surface area contributed by atoms with Crippen molar-refractivity contribution in [3.05, 3.63) is 34.4 Å². The monoisotopic (exact) mass is 439 g/mol. The first-order chi connectivity index (χ1) is 14.8. The van der Waals surface area contributed by atoms with E-state index in [1.54, 1.807) is 0 Å². The molecule has 0 radical (unpaired) electrons. The zero-order chi connectivity index (χ0) is 22.5. The van der Waals surface area contributed by atoms with Gasteiger partial charge in [0.15, 0.2) is 12.4 Å². The lowest BCUT2D eigenvalue weighted by atomic mass is 9.97. The van der Waals surface area contributed by atoms with E-state index in [4.69, 9.17) is 28.4 Å². The van der Waals surface area contributed by atoms with Gasteiger partial charge in [-0.1, -0.05) is 13.3 Å². The molecule has 1 aromatic rings. The van der Waals surface area contributed by atoms with E-state index in [0.717, 1.165) is 6.42 Å². The molecule has 11 heteroatoms. The SMILES string of the molecule is CCC[C@@H]1OC[C@H]2O[C@@H](Oc3ccc([N+](=O)[O-])cc3)[C@H](OC(C)=O)[C@@H](OC(C)=O)[C@@H]2O1. The number of nitro groups is 1. The maximum absolute atomic E-state index is 11.8. The third kappa shape index (κ3) is 5.69. The van der Waals surface area contributed by atoms with Gasteiger partial charge in [0, 0.05) is 26.0 Å². The second kappa shape index (κ2) is 10.0. The van der Waals surface area contributed by atoms with Gasteiger partial charge in [0.2, 0.25) is 12.4 Å². The predicted molar refractivity (Wildman–Crippen MR) is 103 cm³/mol. The number of carbonyl (C=O) groups excluding carboxylic acids is 2. The second-order valence-corrected chi connectivity index (χ2v) is 7.21. The Bertz CT molecular complexity index is 798. The molecule has 0 aromatic heterocycles. The number of carbonyl (C=O) groups is 2. The zero-order valence-electron chi connectivity index (χ0n) is 17.4. The van der Waals surface area contributed by atoms with Crippen LogP contribution in [0.3, 0.4) is 0 Å². The number of nitrogens with zero attached hydrogens (tertiary/aromatic N) is 1. The van der Waals surface area contributed by atoms with Crippen LogP contribution in [0.1, 0.15) is 33.6 Å². The summed E-state index contributed by atoms with van der Waals surface area (Å²) in [6.45, 7) is 4.60. The van der Waals surface area contributed by atoms with Gasteiger partial charge in [-0.3, -0.25) is 19.7 Å². The Labute approximate surface area is 178 Å². The molecule has 0 N–H and O–H groups in total. The average molecular weight is 439 g/mol. The molecule has 1 aromatic carbocycles. The lowest BCUT2D eigenvalue weighted by molar-refractivity contribution is -0.384. The van der Waals surface area contributed by atoms with E-state index in [1.165, 1.54) is 38.1 Å². The number of nitro benzene ring substituents is 1.